The fourth-order valence-corrected chi connectivity index (χ4v) is 3.55. The number of carbonyl (C=O) groups excluding carboxylic acids is 1. The topological polar surface area (TPSA) is 61.0 Å². The highest BCUT2D eigenvalue weighted by molar-refractivity contribution is 6.30. The number of aromatic nitrogens is 2. The van der Waals surface area contributed by atoms with Gasteiger partial charge in [0.1, 0.15) is 5.82 Å². The zero-order valence-electron chi connectivity index (χ0n) is 14.4. The molecule has 0 atom stereocenters. The Morgan fingerprint density at radius 2 is 1.88 bits per heavy atom. The lowest BCUT2D eigenvalue weighted by Gasteiger charge is -2.30. The number of hydrogen-bond donors (Lipinski definition) is 2. The molecule has 1 saturated heterocycles. The van der Waals surface area contributed by atoms with E-state index < -0.39 is 0 Å². The molecule has 1 amide bonds. The van der Waals surface area contributed by atoms with E-state index in [9.17, 15) is 4.79 Å². The lowest BCUT2D eigenvalue weighted by atomic mass is 9.96. The molecule has 4 rings (SSSR count). The summed E-state index contributed by atoms with van der Waals surface area (Å²) in [4.78, 5) is 22.8. The number of rotatable bonds is 4. The molecule has 2 heterocycles. The molecule has 1 aliphatic rings. The Kier molecular flexibility index (Phi) is 4.91. The van der Waals surface area contributed by atoms with Crippen molar-refractivity contribution in [3.8, 4) is 0 Å². The second-order valence-electron chi connectivity index (χ2n) is 6.75. The van der Waals surface area contributed by atoms with Crippen molar-refractivity contribution in [3.63, 3.8) is 0 Å². The van der Waals surface area contributed by atoms with Crippen LogP contribution in [0, 0.1) is 5.92 Å². The Morgan fingerprint density at radius 1 is 1.15 bits per heavy atom. The number of hydrogen-bond acceptors (Lipinski definition) is 3. The van der Waals surface area contributed by atoms with E-state index in [1.807, 2.05) is 36.4 Å². The molecule has 26 heavy (non-hydrogen) atoms. The number of nitrogens with one attached hydrogen (secondary N) is 2. The smallest absolute Gasteiger partial charge is 0.227 e. The fourth-order valence-electron chi connectivity index (χ4n) is 3.42. The number of piperidine rings is 1. The van der Waals surface area contributed by atoms with E-state index in [4.69, 9.17) is 11.6 Å². The summed E-state index contributed by atoms with van der Waals surface area (Å²) in [7, 11) is 0. The van der Waals surface area contributed by atoms with Crippen molar-refractivity contribution in [1.82, 2.24) is 14.9 Å². The van der Waals surface area contributed by atoms with Gasteiger partial charge in [0.25, 0.3) is 0 Å². The number of halogens is 1. The maximum Gasteiger partial charge on any atom is 0.227 e. The van der Waals surface area contributed by atoms with Crippen LogP contribution in [0.1, 0.15) is 18.7 Å². The van der Waals surface area contributed by atoms with Crippen molar-refractivity contribution in [2.45, 2.75) is 19.4 Å². The molecule has 0 bridgehead atoms. The number of likely N-dealkylation sites (tertiary alicyclic amines) is 1. The van der Waals surface area contributed by atoms with E-state index >= 15 is 0 Å². The number of para-hydroxylation sites is 2. The van der Waals surface area contributed by atoms with Crippen LogP contribution < -0.4 is 5.32 Å². The van der Waals surface area contributed by atoms with Gasteiger partial charge in [-0.2, -0.15) is 0 Å². The van der Waals surface area contributed by atoms with Crippen molar-refractivity contribution in [2.75, 3.05) is 18.4 Å². The summed E-state index contributed by atoms with van der Waals surface area (Å²) in [6.07, 6.45) is 1.72. The summed E-state index contributed by atoms with van der Waals surface area (Å²) in [6.45, 7) is 2.59. The van der Waals surface area contributed by atoms with Gasteiger partial charge in [-0.3, -0.25) is 9.69 Å². The molecule has 0 saturated carbocycles. The molecule has 6 heteroatoms. The quantitative estimate of drug-likeness (QED) is 0.729. The molecule has 0 aliphatic carbocycles. The van der Waals surface area contributed by atoms with Gasteiger partial charge >= 0.3 is 0 Å². The maximum atomic E-state index is 12.5. The van der Waals surface area contributed by atoms with Gasteiger partial charge in [-0.25, -0.2) is 4.98 Å². The standard InChI is InChI=1S/C20H21ClN4O/c21-15-5-7-16(8-6-15)22-20(26)14-9-11-25(12-10-14)13-19-23-17-3-1-2-4-18(17)24-19/h1-8,14H,9-13H2,(H,22,26)(H,23,24). The maximum absolute atomic E-state index is 12.5. The van der Waals surface area contributed by atoms with Gasteiger partial charge < -0.3 is 10.3 Å². The fraction of sp³-hybridized carbons (Fsp3) is 0.300. The Bertz CT molecular complexity index is 865. The predicted octanol–water partition coefficient (Wildman–Crippen LogP) is 4.07. The van der Waals surface area contributed by atoms with Gasteiger partial charge in [0.05, 0.1) is 17.6 Å². The molecular formula is C20H21ClN4O. The molecule has 0 spiro atoms. The molecule has 5 nitrogen and oxygen atoms in total. The molecule has 3 aromatic rings. The third-order valence-corrected chi connectivity index (χ3v) is 5.13. The number of imidazole rings is 1. The molecule has 1 aromatic heterocycles. The highest BCUT2D eigenvalue weighted by Crippen LogP contribution is 2.22. The number of nitrogens with zero attached hydrogens (tertiary/aromatic N) is 2. The second-order valence-corrected chi connectivity index (χ2v) is 7.18. The molecule has 2 N–H and O–H groups in total. The average molecular weight is 369 g/mol. The number of carbonyl (C=O) groups is 1. The van der Waals surface area contributed by atoms with Crippen LogP contribution in [0.4, 0.5) is 5.69 Å². The van der Waals surface area contributed by atoms with Crippen LogP contribution in [0.25, 0.3) is 11.0 Å². The minimum Gasteiger partial charge on any atom is -0.341 e. The predicted molar refractivity (Wildman–Crippen MR) is 104 cm³/mol. The normalized spacial score (nSPS) is 16.0. The van der Waals surface area contributed by atoms with Crippen LogP contribution in [0.15, 0.2) is 48.5 Å². The lowest BCUT2D eigenvalue weighted by Crippen LogP contribution is -2.38. The van der Waals surface area contributed by atoms with E-state index in [2.05, 4.69) is 20.2 Å². The van der Waals surface area contributed by atoms with Crippen molar-refractivity contribution in [2.24, 2.45) is 5.92 Å². The van der Waals surface area contributed by atoms with Crippen LogP contribution >= 0.6 is 11.6 Å². The van der Waals surface area contributed by atoms with Crippen LogP contribution in [-0.2, 0) is 11.3 Å². The van der Waals surface area contributed by atoms with Gasteiger partial charge in [0, 0.05) is 16.6 Å². The van der Waals surface area contributed by atoms with Gasteiger partial charge in [-0.05, 0) is 62.3 Å². The van der Waals surface area contributed by atoms with Crippen molar-refractivity contribution < 1.29 is 4.79 Å². The summed E-state index contributed by atoms with van der Waals surface area (Å²) in [6, 6.07) is 15.3. The minimum absolute atomic E-state index is 0.0533. The van der Waals surface area contributed by atoms with Crippen molar-refractivity contribution in [1.29, 1.82) is 0 Å². The monoisotopic (exact) mass is 368 g/mol. The largest absolute Gasteiger partial charge is 0.341 e. The third-order valence-electron chi connectivity index (χ3n) is 4.88. The Hall–Kier alpha value is -2.37. The number of amides is 1. The second kappa shape index (κ2) is 7.48. The van der Waals surface area contributed by atoms with Crippen LogP contribution in [0.3, 0.4) is 0 Å². The Morgan fingerprint density at radius 3 is 2.62 bits per heavy atom. The summed E-state index contributed by atoms with van der Waals surface area (Å²) < 4.78 is 0. The zero-order valence-corrected chi connectivity index (χ0v) is 15.2. The average Bonchev–Trinajstić information content (AvgIpc) is 3.06. The van der Waals surface area contributed by atoms with E-state index in [-0.39, 0.29) is 11.8 Å². The zero-order chi connectivity index (χ0) is 17.9. The number of benzene rings is 2. The van der Waals surface area contributed by atoms with Crippen LogP contribution in [0.5, 0.6) is 0 Å². The number of anilines is 1. The van der Waals surface area contributed by atoms with Crippen LogP contribution in [0.2, 0.25) is 5.02 Å². The minimum atomic E-state index is 0.0533. The SMILES string of the molecule is O=C(Nc1ccc(Cl)cc1)C1CCN(Cc2nc3ccccc3[nH]2)CC1. The van der Waals surface area contributed by atoms with Crippen LogP contribution in [-0.4, -0.2) is 33.9 Å². The summed E-state index contributed by atoms with van der Waals surface area (Å²) in [5.41, 5.74) is 2.86. The molecule has 1 aliphatic heterocycles. The van der Waals surface area contributed by atoms with E-state index in [1.54, 1.807) is 12.1 Å². The van der Waals surface area contributed by atoms with Crippen molar-refractivity contribution >= 4 is 34.2 Å². The summed E-state index contributed by atoms with van der Waals surface area (Å²) in [5, 5.41) is 3.65. The van der Waals surface area contributed by atoms with Gasteiger partial charge in [0.15, 0.2) is 0 Å². The lowest BCUT2D eigenvalue weighted by molar-refractivity contribution is -0.121. The summed E-state index contributed by atoms with van der Waals surface area (Å²) in [5.74, 6) is 1.13. The summed E-state index contributed by atoms with van der Waals surface area (Å²) >= 11 is 5.88. The van der Waals surface area contributed by atoms with E-state index in [1.165, 1.54) is 0 Å². The first-order chi connectivity index (χ1) is 12.7. The van der Waals surface area contributed by atoms with Gasteiger partial charge in [0.2, 0.25) is 5.91 Å². The molecule has 134 valence electrons. The first-order valence-electron chi connectivity index (χ1n) is 8.90. The van der Waals surface area contributed by atoms with Crippen molar-refractivity contribution in [3.05, 3.63) is 59.4 Å². The first-order valence-corrected chi connectivity index (χ1v) is 9.27. The Balaban J connectivity index is 1.30. The van der Waals surface area contributed by atoms with E-state index in [0.717, 1.165) is 55.0 Å². The highest BCUT2D eigenvalue weighted by Gasteiger charge is 2.25. The third kappa shape index (κ3) is 3.89. The number of aromatic amines is 1. The molecular weight excluding hydrogens is 348 g/mol. The molecule has 0 radical (unpaired) electrons. The van der Waals surface area contributed by atoms with E-state index in [0.29, 0.717) is 5.02 Å². The molecule has 2 aromatic carbocycles. The highest BCUT2D eigenvalue weighted by atomic mass is 35.5. The number of fused-ring (bicyclic) bond motifs is 1. The first kappa shape index (κ1) is 17.1. The van der Waals surface area contributed by atoms with Gasteiger partial charge in [-0.15, -0.1) is 0 Å². The Labute approximate surface area is 157 Å². The van der Waals surface area contributed by atoms with Gasteiger partial charge in [-0.1, -0.05) is 23.7 Å². The number of H-pyrrole nitrogens is 1. The molecule has 0 unspecified atom stereocenters. The molecule has 1 fully saturated rings.